The molecule has 0 aliphatic rings. The average Bonchev–Trinajstić information content (AvgIpc) is 2.38. The molecule has 0 aliphatic carbocycles. The van der Waals surface area contributed by atoms with Crippen molar-refractivity contribution in [2.45, 2.75) is 12.8 Å². The van der Waals surface area contributed by atoms with Crippen molar-refractivity contribution in [3.05, 3.63) is 41.0 Å². The van der Waals surface area contributed by atoms with Gasteiger partial charge in [0.05, 0.1) is 0 Å². The van der Waals surface area contributed by atoms with Gasteiger partial charge in [0.25, 0.3) is 0 Å². The van der Waals surface area contributed by atoms with E-state index in [1.807, 2.05) is 0 Å². The molecule has 0 fully saturated rings. The molecule has 5 nitrogen and oxygen atoms in total. The lowest BCUT2D eigenvalue weighted by atomic mass is 10.1. The van der Waals surface area contributed by atoms with Crippen LogP contribution in [0.5, 0.6) is 5.75 Å². The molecule has 2 aromatic rings. The Morgan fingerprint density at radius 2 is 1.86 bits per heavy atom. The van der Waals surface area contributed by atoms with E-state index in [1.54, 1.807) is 12.1 Å². The maximum atomic E-state index is 12.0. The second-order valence-electron chi connectivity index (χ2n) is 4.30. The van der Waals surface area contributed by atoms with Crippen molar-refractivity contribution in [1.29, 1.82) is 0 Å². The van der Waals surface area contributed by atoms with Gasteiger partial charge in [-0.3, -0.25) is 0 Å². The van der Waals surface area contributed by atoms with E-state index in [-0.39, 0.29) is 16.9 Å². The zero-order valence-electron chi connectivity index (χ0n) is 11.2. The van der Waals surface area contributed by atoms with Crippen LogP contribution in [0.2, 0.25) is 5.15 Å². The standard InChI is InChI=1S/C13H12ClF3N4O/c14-10-7-11(21-12(18)20-10)19-6-5-8-1-3-9(4-2-8)22-13(15,16)17/h1-4,7H,5-6H2,(H3,18,19,20,21). The number of rotatable bonds is 5. The summed E-state index contributed by atoms with van der Waals surface area (Å²) >= 11 is 5.74. The van der Waals surface area contributed by atoms with E-state index in [4.69, 9.17) is 17.3 Å². The van der Waals surface area contributed by atoms with Crippen LogP contribution in [0.1, 0.15) is 5.56 Å². The summed E-state index contributed by atoms with van der Waals surface area (Å²) in [5, 5.41) is 3.23. The van der Waals surface area contributed by atoms with Gasteiger partial charge in [0, 0.05) is 12.6 Å². The summed E-state index contributed by atoms with van der Waals surface area (Å²) in [6, 6.07) is 7.18. The lowest BCUT2D eigenvalue weighted by Gasteiger charge is -2.10. The van der Waals surface area contributed by atoms with Gasteiger partial charge in [-0.15, -0.1) is 13.2 Å². The third-order valence-corrected chi connectivity index (χ3v) is 2.78. The van der Waals surface area contributed by atoms with Crippen LogP contribution in [0.25, 0.3) is 0 Å². The average molecular weight is 333 g/mol. The Morgan fingerprint density at radius 3 is 2.45 bits per heavy atom. The molecule has 22 heavy (non-hydrogen) atoms. The van der Waals surface area contributed by atoms with Crippen molar-refractivity contribution in [3.8, 4) is 5.75 Å². The second-order valence-corrected chi connectivity index (χ2v) is 4.69. The largest absolute Gasteiger partial charge is 0.573 e. The van der Waals surface area contributed by atoms with Gasteiger partial charge in [0.2, 0.25) is 5.95 Å². The first kappa shape index (κ1) is 16.2. The van der Waals surface area contributed by atoms with Crippen LogP contribution in [-0.2, 0) is 6.42 Å². The first-order valence-electron chi connectivity index (χ1n) is 6.20. The molecule has 1 aromatic heterocycles. The Hall–Kier alpha value is -2.22. The van der Waals surface area contributed by atoms with Crippen molar-refractivity contribution in [1.82, 2.24) is 9.97 Å². The molecule has 0 saturated carbocycles. The number of ether oxygens (including phenoxy) is 1. The molecular weight excluding hydrogens is 321 g/mol. The zero-order valence-corrected chi connectivity index (χ0v) is 11.9. The Kier molecular flexibility index (Phi) is 4.92. The maximum absolute atomic E-state index is 12.0. The molecule has 0 aliphatic heterocycles. The molecule has 0 atom stereocenters. The SMILES string of the molecule is Nc1nc(Cl)cc(NCCc2ccc(OC(F)(F)F)cc2)n1. The quantitative estimate of drug-likeness (QED) is 0.822. The minimum absolute atomic E-state index is 0.0589. The van der Waals surface area contributed by atoms with Crippen LogP contribution in [0.3, 0.4) is 0 Å². The van der Waals surface area contributed by atoms with Gasteiger partial charge in [0.15, 0.2) is 0 Å². The highest BCUT2D eigenvalue weighted by atomic mass is 35.5. The molecule has 0 unspecified atom stereocenters. The number of nitrogens with two attached hydrogens (primary N) is 1. The number of hydrogen-bond donors (Lipinski definition) is 2. The van der Waals surface area contributed by atoms with Crippen LogP contribution in [0, 0.1) is 0 Å². The lowest BCUT2D eigenvalue weighted by Crippen LogP contribution is -2.17. The molecule has 0 spiro atoms. The Morgan fingerprint density at radius 1 is 1.18 bits per heavy atom. The minimum atomic E-state index is -4.69. The third kappa shape index (κ3) is 5.28. The number of benzene rings is 1. The molecule has 118 valence electrons. The van der Waals surface area contributed by atoms with Crippen molar-refractivity contribution in [2.24, 2.45) is 0 Å². The summed E-state index contributed by atoms with van der Waals surface area (Å²) in [5.74, 6) is 0.290. The van der Waals surface area contributed by atoms with E-state index in [0.717, 1.165) is 5.56 Å². The van der Waals surface area contributed by atoms with Crippen LogP contribution >= 0.6 is 11.6 Å². The number of hydrogen-bond acceptors (Lipinski definition) is 5. The van der Waals surface area contributed by atoms with Crippen LogP contribution in [-0.4, -0.2) is 22.9 Å². The number of aromatic nitrogens is 2. The molecule has 1 aromatic carbocycles. The highest BCUT2D eigenvalue weighted by molar-refractivity contribution is 6.29. The first-order valence-corrected chi connectivity index (χ1v) is 6.58. The van der Waals surface area contributed by atoms with E-state index in [9.17, 15) is 13.2 Å². The monoisotopic (exact) mass is 332 g/mol. The van der Waals surface area contributed by atoms with E-state index in [1.165, 1.54) is 18.2 Å². The summed E-state index contributed by atoms with van der Waals surface area (Å²) < 4.78 is 39.9. The molecule has 2 rings (SSSR count). The van der Waals surface area contributed by atoms with Crippen LogP contribution in [0.4, 0.5) is 24.9 Å². The molecule has 1 heterocycles. The molecule has 0 saturated heterocycles. The van der Waals surface area contributed by atoms with Gasteiger partial charge in [-0.2, -0.15) is 4.98 Å². The van der Waals surface area contributed by atoms with Crippen LogP contribution in [0.15, 0.2) is 30.3 Å². The zero-order chi connectivity index (χ0) is 16.2. The Balaban J connectivity index is 1.86. The van der Waals surface area contributed by atoms with Crippen LogP contribution < -0.4 is 15.8 Å². The molecule has 0 amide bonds. The predicted molar refractivity (Wildman–Crippen MR) is 76.8 cm³/mol. The fourth-order valence-corrected chi connectivity index (χ4v) is 1.91. The number of nitrogens with zero attached hydrogens (tertiary/aromatic N) is 2. The minimum Gasteiger partial charge on any atom is -0.406 e. The molecule has 3 N–H and O–H groups in total. The van der Waals surface area contributed by atoms with E-state index in [0.29, 0.717) is 18.8 Å². The van der Waals surface area contributed by atoms with Gasteiger partial charge in [-0.1, -0.05) is 23.7 Å². The maximum Gasteiger partial charge on any atom is 0.573 e. The Labute approximate surface area is 129 Å². The summed E-state index contributed by atoms with van der Waals surface area (Å²) in [6.07, 6.45) is -4.11. The highest BCUT2D eigenvalue weighted by Crippen LogP contribution is 2.22. The van der Waals surface area contributed by atoms with Gasteiger partial charge < -0.3 is 15.8 Å². The number of alkyl halides is 3. The molecule has 0 radical (unpaired) electrons. The van der Waals surface area contributed by atoms with E-state index < -0.39 is 6.36 Å². The summed E-state index contributed by atoms with van der Waals surface area (Å²) in [5.41, 5.74) is 6.30. The fraction of sp³-hybridized carbons (Fsp3) is 0.231. The number of nitrogens with one attached hydrogen (secondary N) is 1. The number of nitrogen functional groups attached to an aromatic ring is 1. The van der Waals surface area contributed by atoms with Gasteiger partial charge >= 0.3 is 6.36 Å². The van der Waals surface area contributed by atoms with E-state index in [2.05, 4.69) is 20.0 Å². The lowest BCUT2D eigenvalue weighted by molar-refractivity contribution is -0.274. The normalized spacial score (nSPS) is 11.3. The summed E-state index contributed by atoms with van der Waals surface area (Å²) in [7, 11) is 0. The predicted octanol–water partition coefficient (Wildman–Crippen LogP) is 3.27. The third-order valence-electron chi connectivity index (χ3n) is 2.59. The van der Waals surface area contributed by atoms with Crippen molar-refractivity contribution in [2.75, 3.05) is 17.6 Å². The van der Waals surface area contributed by atoms with Gasteiger partial charge in [-0.25, -0.2) is 4.98 Å². The van der Waals surface area contributed by atoms with Crippen molar-refractivity contribution < 1.29 is 17.9 Å². The highest BCUT2D eigenvalue weighted by Gasteiger charge is 2.30. The van der Waals surface area contributed by atoms with Gasteiger partial charge in [0.1, 0.15) is 16.7 Å². The van der Waals surface area contributed by atoms with Crippen molar-refractivity contribution in [3.63, 3.8) is 0 Å². The summed E-state index contributed by atoms with van der Waals surface area (Å²) in [6.45, 7) is 0.506. The molecule has 0 bridgehead atoms. The molecular formula is C13H12ClF3N4O. The Bertz CT molecular complexity index is 614. The number of halogens is 4. The smallest absolute Gasteiger partial charge is 0.406 e. The summed E-state index contributed by atoms with van der Waals surface area (Å²) in [4.78, 5) is 7.67. The van der Waals surface area contributed by atoms with Gasteiger partial charge in [-0.05, 0) is 24.1 Å². The van der Waals surface area contributed by atoms with Crippen molar-refractivity contribution >= 4 is 23.4 Å². The second kappa shape index (κ2) is 6.69. The van der Waals surface area contributed by atoms with E-state index >= 15 is 0 Å². The first-order chi connectivity index (χ1) is 10.3. The molecule has 9 heteroatoms. The number of anilines is 2. The fourth-order valence-electron chi connectivity index (χ4n) is 1.72. The topological polar surface area (TPSA) is 73.1 Å².